The Labute approximate surface area is 174 Å². The summed E-state index contributed by atoms with van der Waals surface area (Å²) in [6, 6.07) is 7.68. The van der Waals surface area contributed by atoms with Crippen LogP contribution >= 0.6 is 0 Å². The van der Waals surface area contributed by atoms with Gasteiger partial charge in [-0.2, -0.15) is 0 Å². The van der Waals surface area contributed by atoms with E-state index >= 15 is 0 Å². The summed E-state index contributed by atoms with van der Waals surface area (Å²) in [6.45, 7) is 6.34. The molecule has 3 unspecified atom stereocenters. The molecule has 1 aromatic rings. The molecule has 0 heterocycles. The minimum Gasteiger partial charge on any atom is -0.517 e. The van der Waals surface area contributed by atoms with E-state index in [2.05, 4.69) is 13.8 Å². The third-order valence-corrected chi connectivity index (χ3v) is 7.07. The van der Waals surface area contributed by atoms with Gasteiger partial charge in [0.25, 0.3) is 6.16 Å². The predicted molar refractivity (Wildman–Crippen MR) is 112 cm³/mol. The van der Waals surface area contributed by atoms with Gasteiger partial charge in [0, 0.05) is 22.7 Å². The molecule has 0 amide bonds. The summed E-state index contributed by atoms with van der Waals surface area (Å²) in [4.78, 5) is 25.2. The number of ketones is 1. The van der Waals surface area contributed by atoms with Crippen molar-refractivity contribution < 1.29 is 19.4 Å². The summed E-state index contributed by atoms with van der Waals surface area (Å²) in [5.74, 6) is 0.702. The van der Waals surface area contributed by atoms with Gasteiger partial charge in [0.1, 0.15) is 0 Å². The SMILES string of the molecule is CCCCC(CC)CC12CCCCC1C(=O)C(c1ccccc1C)=C2OC(=O)[O-]. The lowest BCUT2D eigenvalue weighted by molar-refractivity contribution is -0.280. The van der Waals surface area contributed by atoms with Gasteiger partial charge in [-0.15, -0.1) is 0 Å². The quantitative estimate of drug-likeness (QED) is 0.548. The highest BCUT2D eigenvalue weighted by molar-refractivity contribution is 6.25. The Bertz CT molecular complexity index is 794. The topological polar surface area (TPSA) is 66.4 Å². The zero-order valence-electron chi connectivity index (χ0n) is 18.0. The molecule has 0 spiro atoms. The van der Waals surface area contributed by atoms with Crippen LogP contribution < -0.4 is 5.11 Å². The van der Waals surface area contributed by atoms with Gasteiger partial charge < -0.3 is 14.6 Å². The second-order valence-corrected chi connectivity index (χ2v) is 8.81. The first kappa shape index (κ1) is 21.6. The predicted octanol–water partition coefficient (Wildman–Crippen LogP) is 5.43. The number of ether oxygens (including phenoxy) is 1. The highest BCUT2D eigenvalue weighted by Gasteiger charge is 2.55. The molecule has 0 radical (unpaired) electrons. The summed E-state index contributed by atoms with van der Waals surface area (Å²) in [5, 5.41) is 11.6. The Kier molecular flexibility index (Phi) is 6.81. The lowest BCUT2D eigenvalue weighted by Gasteiger charge is -2.44. The summed E-state index contributed by atoms with van der Waals surface area (Å²) in [5.41, 5.74) is 1.72. The van der Waals surface area contributed by atoms with E-state index < -0.39 is 11.6 Å². The fraction of sp³-hybridized carbons (Fsp3) is 0.600. The van der Waals surface area contributed by atoms with Crippen LogP contribution in [0.15, 0.2) is 30.0 Å². The normalized spacial score (nSPS) is 25.1. The molecule has 1 aromatic carbocycles. The standard InChI is InChI=1S/C25H34O4/c1-4-6-12-18(5-2)16-25-15-10-9-14-20(25)22(26)21(23(25)29-24(27)28)19-13-8-7-11-17(19)3/h7-8,11,13,18,20H,4-6,9-10,12,14-16H2,1-3H3,(H,27,28)/p-1. The van der Waals surface area contributed by atoms with Crippen LogP contribution in [-0.2, 0) is 9.53 Å². The van der Waals surface area contributed by atoms with E-state index in [4.69, 9.17) is 4.74 Å². The van der Waals surface area contributed by atoms with Crippen LogP contribution in [-0.4, -0.2) is 11.9 Å². The van der Waals surface area contributed by atoms with Crippen LogP contribution in [0.4, 0.5) is 4.79 Å². The highest BCUT2D eigenvalue weighted by atomic mass is 16.7. The maximum Gasteiger partial charge on any atom is 0.256 e. The van der Waals surface area contributed by atoms with Crippen LogP contribution in [0.2, 0.25) is 0 Å². The van der Waals surface area contributed by atoms with Gasteiger partial charge in [-0.1, -0.05) is 76.6 Å². The monoisotopic (exact) mass is 397 g/mol. The number of carbonyl (C=O) groups excluding carboxylic acids is 2. The van der Waals surface area contributed by atoms with Crippen LogP contribution in [0, 0.1) is 24.2 Å². The second-order valence-electron chi connectivity index (χ2n) is 8.81. The molecule has 2 aliphatic carbocycles. The molecule has 1 fully saturated rings. The van der Waals surface area contributed by atoms with Crippen LogP contribution in [0.1, 0.15) is 82.8 Å². The lowest BCUT2D eigenvalue weighted by Crippen LogP contribution is -2.39. The Morgan fingerprint density at radius 1 is 1.28 bits per heavy atom. The average molecular weight is 398 g/mol. The van der Waals surface area contributed by atoms with Crippen molar-refractivity contribution in [2.75, 3.05) is 0 Å². The number of hydrogen-bond acceptors (Lipinski definition) is 4. The van der Waals surface area contributed by atoms with Gasteiger partial charge in [0.05, 0.1) is 0 Å². The molecule has 3 atom stereocenters. The van der Waals surface area contributed by atoms with Gasteiger partial charge in [0.2, 0.25) is 0 Å². The fourth-order valence-electron chi connectivity index (χ4n) is 5.57. The molecule has 0 aliphatic heterocycles. The van der Waals surface area contributed by atoms with Gasteiger partial charge in [-0.3, -0.25) is 4.79 Å². The Morgan fingerprint density at radius 2 is 2.03 bits per heavy atom. The van der Waals surface area contributed by atoms with E-state index in [9.17, 15) is 14.7 Å². The first-order valence-corrected chi connectivity index (χ1v) is 11.2. The lowest BCUT2D eigenvalue weighted by atomic mass is 9.62. The molecule has 0 bridgehead atoms. The fourth-order valence-corrected chi connectivity index (χ4v) is 5.57. The Hall–Kier alpha value is -2.10. The first-order chi connectivity index (χ1) is 13.9. The zero-order valence-corrected chi connectivity index (χ0v) is 18.0. The number of benzene rings is 1. The minimum absolute atomic E-state index is 0.0561. The molecule has 3 rings (SSSR count). The number of carboxylic acid groups (broad SMARTS) is 1. The largest absolute Gasteiger partial charge is 0.517 e. The van der Waals surface area contributed by atoms with Crippen molar-refractivity contribution in [1.82, 2.24) is 0 Å². The Morgan fingerprint density at radius 3 is 2.69 bits per heavy atom. The third kappa shape index (κ3) is 4.12. The van der Waals surface area contributed by atoms with Crippen LogP contribution in [0.3, 0.4) is 0 Å². The number of carbonyl (C=O) groups is 2. The van der Waals surface area contributed by atoms with Gasteiger partial charge in [-0.25, -0.2) is 0 Å². The number of hydrogen-bond donors (Lipinski definition) is 0. The molecule has 0 N–H and O–H groups in total. The summed E-state index contributed by atoms with van der Waals surface area (Å²) in [7, 11) is 0. The summed E-state index contributed by atoms with van der Waals surface area (Å²) >= 11 is 0. The zero-order chi connectivity index (χ0) is 21.0. The van der Waals surface area contributed by atoms with E-state index in [0.29, 0.717) is 17.3 Å². The van der Waals surface area contributed by atoms with Crippen molar-refractivity contribution in [2.45, 2.75) is 78.6 Å². The third-order valence-electron chi connectivity index (χ3n) is 7.07. The molecule has 29 heavy (non-hydrogen) atoms. The molecule has 4 nitrogen and oxygen atoms in total. The maximum atomic E-state index is 13.6. The van der Waals surface area contributed by atoms with Crippen molar-refractivity contribution >= 4 is 17.5 Å². The molecule has 0 aromatic heterocycles. The molecule has 0 saturated heterocycles. The first-order valence-electron chi connectivity index (χ1n) is 11.2. The second kappa shape index (κ2) is 9.15. The van der Waals surface area contributed by atoms with Crippen molar-refractivity contribution in [3.8, 4) is 0 Å². The highest BCUT2D eigenvalue weighted by Crippen LogP contribution is 2.59. The molecular formula is C25H33O4-. The van der Waals surface area contributed by atoms with Crippen LogP contribution in [0.5, 0.6) is 0 Å². The molecular weight excluding hydrogens is 364 g/mol. The van der Waals surface area contributed by atoms with Crippen molar-refractivity contribution in [3.05, 3.63) is 41.2 Å². The molecule has 4 heteroatoms. The van der Waals surface area contributed by atoms with E-state index in [-0.39, 0.29) is 11.7 Å². The molecule has 1 saturated carbocycles. The van der Waals surface area contributed by atoms with Crippen molar-refractivity contribution in [2.24, 2.45) is 17.3 Å². The number of fused-ring (bicyclic) bond motifs is 1. The van der Waals surface area contributed by atoms with E-state index in [1.165, 1.54) is 0 Å². The number of rotatable bonds is 8. The van der Waals surface area contributed by atoms with Gasteiger partial charge in [-0.05, 0) is 43.2 Å². The maximum absolute atomic E-state index is 13.6. The smallest absolute Gasteiger partial charge is 0.256 e. The Balaban J connectivity index is 2.14. The molecule has 158 valence electrons. The minimum atomic E-state index is -1.56. The van der Waals surface area contributed by atoms with Crippen molar-refractivity contribution in [3.63, 3.8) is 0 Å². The number of aryl methyl sites for hydroxylation is 1. The number of Topliss-reactive ketones (excluding diaryl/α,β-unsaturated/α-hetero) is 1. The number of allylic oxidation sites excluding steroid dienone is 2. The van der Waals surface area contributed by atoms with E-state index in [1.807, 2.05) is 31.2 Å². The van der Waals surface area contributed by atoms with Gasteiger partial charge >= 0.3 is 0 Å². The van der Waals surface area contributed by atoms with Crippen LogP contribution in [0.25, 0.3) is 5.57 Å². The number of unbranched alkanes of at least 4 members (excludes halogenated alkanes) is 1. The molecule has 2 aliphatic rings. The summed E-state index contributed by atoms with van der Waals surface area (Å²) in [6.07, 6.45) is 7.29. The van der Waals surface area contributed by atoms with Crippen molar-refractivity contribution in [1.29, 1.82) is 0 Å². The van der Waals surface area contributed by atoms with Gasteiger partial charge in [0.15, 0.2) is 5.78 Å². The average Bonchev–Trinajstić information content (AvgIpc) is 2.93. The van der Waals surface area contributed by atoms with E-state index in [0.717, 1.165) is 68.9 Å². The van der Waals surface area contributed by atoms with E-state index in [1.54, 1.807) is 0 Å². The summed E-state index contributed by atoms with van der Waals surface area (Å²) < 4.78 is 5.39.